The van der Waals surface area contributed by atoms with E-state index in [0.717, 1.165) is 17.5 Å². The van der Waals surface area contributed by atoms with Crippen molar-refractivity contribution in [2.45, 2.75) is 29.7 Å². The van der Waals surface area contributed by atoms with E-state index in [1.54, 1.807) is 0 Å². The van der Waals surface area contributed by atoms with E-state index in [0.29, 0.717) is 10.3 Å². The number of hydrogen-bond donors (Lipinski definition) is 6. The van der Waals surface area contributed by atoms with E-state index in [9.17, 15) is 40.9 Å². The van der Waals surface area contributed by atoms with E-state index in [-0.39, 0.29) is 92.4 Å². The van der Waals surface area contributed by atoms with Crippen molar-refractivity contribution < 1.29 is 41.2 Å². The molecule has 2 aromatic carbocycles. The van der Waals surface area contributed by atoms with E-state index < -0.39 is 78.1 Å². The Labute approximate surface area is 338 Å². The third-order valence-electron chi connectivity index (χ3n) is 6.47. The number of carboxylic acids is 1. The van der Waals surface area contributed by atoms with Gasteiger partial charge in [-0.05, 0) is 61.0 Å². The summed E-state index contributed by atoms with van der Waals surface area (Å²) in [4.78, 5) is 47.6. The number of primary amides is 1. The maximum Gasteiger partial charge on any atom is 0.305 e. The zero-order valence-electron chi connectivity index (χ0n) is 26.9. The number of pyridine rings is 1. The summed E-state index contributed by atoms with van der Waals surface area (Å²) < 4.78 is 58.6. The number of rotatable bonds is 13. The average molecular weight is 780 g/mol. The van der Waals surface area contributed by atoms with Crippen molar-refractivity contribution in [3.63, 3.8) is 0 Å². The van der Waals surface area contributed by atoms with Gasteiger partial charge in [-0.2, -0.15) is 23.4 Å². The molecule has 19 nitrogen and oxygen atoms in total. The monoisotopic (exact) mass is 779 g/mol. The smallest absolute Gasteiger partial charge is 0.305 e. The number of aromatic nitrogens is 4. The fourth-order valence-electron chi connectivity index (χ4n) is 4.17. The Kier molecular flexibility index (Phi) is 15.0. The molecular formula is C27H24ClN9Na2O10S2. The van der Waals surface area contributed by atoms with Crippen molar-refractivity contribution in [3.8, 4) is 5.88 Å². The Hall–Kier alpha value is -3.77. The second kappa shape index (κ2) is 17.6. The molecule has 7 N–H and O–H groups in total. The van der Waals surface area contributed by atoms with Crippen LogP contribution in [-0.4, -0.2) is 122 Å². The minimum absolute atomic E-state index is 0. The molecule has 0 aliphatic rings. The topological polar surface area (TPSA) is 299 Å². The third kappa shape index (κ3) is 10.6. The van der Waals surface area contributed by atoms with Crippen LogP contribution in [0.15, 0.2) is 79.3 Å². The Balaban J connectivity index is 0.00000451. The number of anilines is 4. The van der Waals surface area contributed by atoms with Gasteiger partial charge in [0.05, 0.1) is 11.3 Å². The molecule has 51 heavy (non-hydrogen) atoms. The molecule has 0 aliphatic heterocycles. The second-order valence-corrected chi connectivity index (χ2v) is 13.4. The van der Waals surface area contributed by atoms with Crippen LogP contribution in [0.2, 0.25) is 5.28 Å². The molecule has 24 heteroatoms. The number of hydrogen-bond acceptors (Lipinski definition) is 15. The molecule has 0 saturated carbocycles. The number of sulfone groups is 1. The summed E-state index contributed by atoms with van der Waals surface area (Å²) in [5.74, 6) is -3.65. The number of benzene rings is 2. The minimum Gasteiger partial charge on any atom is -0.494 e. The van der Waals surface area contributed by atoms with E-state index in [1.807, 2.05) is 0 Å². The van der Waals surface area contributed by atoms with Crippen LogP contribution in [0, 0.1) is 6.92 Å². The largest absolute Gasteiger partial charge is 0.494 e. The average Bonchev–Trinajstić information content (AvgIpc) is 3.00. The number of carbonyl (C=O) groups is 2. The molecule has 0 saturated heterocycles. The van der Waals surface area contributed by atoms with E-state index in [1.165, 1.54) is 37.3 Å². The summed E-state index contributed by atoms with van der Waals surface area (Å²) in [6.45, 7) is 3.90. The second-order valence-electron chi connectivity index (χ2n) is 9.73. The fourth-order valence-corrected chi connectivity index (χ4v) is 5.64. The maximum absolute atomic E-state index is 13.1. The first kappa shape index (κ1) is 43.4. The van der Waals surface area contributed by atoms with Crippen molar-refractivity contribution in [2.24, 2.45) is 16.0 Å². The van der Waals surface area contributed by atoms with Crippen LogP contribution in [0.25, 0.3) is 0 Å². The van der Waals surface area contributed by atoms with Crippen LogP contribution in [0.5, 0.6) is 5.88 Å². The standard InChI is InChI=1S/C27H24ClN9O10S2.2Na/c1-3-48(43,44)16-7-4-14(5-8-16)30-26-32-25(28)33-27(34-26)31-15-6-9-18(49(45,46)47)17(12-15)35-36-21-13(2)20(22(29)40)23(41)37(24(21)42)11-10-19(38)39;;/h3-9,12,41H,1,10-11H2,2H3,(H2,29,40)(H,38,39)(H,45,46,47)(H2,30,31,32,33,34);;. The van der Waals surface area contributed by atoms with Gasteiger partial charge in [-0.15, -0.1) is 10.2 Å². The maximum atomic E-state index is 13.1. The predicted molar refractivity (Wildman–Crippen MR) is 185 cm³/mol. The Morgan fingerprint density at radius 2 is 1.57 bits per heavy atom. The zero-order valence-corrected chi connectivity index (χ0v) is 33.3. The first-order chi connectivity index (χ1) is 22.9. The van der Waals surface area contributed by atoms with Crippen LogP contribution in [0.4, 0.5) is 34.6 Å². The van der Waals surface area contributed by atoms with Crippen LogP contribution in [0.1, 0.15) is 22.3 Å². The molecule has 0 unspecified atom stereocenters. The summed E-state index contributed by atoms with van der Waals surface area (Å²) in [5, 5.41) is 33.2. The summed E-state index contributed by atoms with van der Waals surface area (Å²) in [6.07, 6.45) is -0.628. The molecule has 258 valence electrons. The Morgan fingerprint density at radius 1 is 1.00 bits per heavy atom. The van der Waals surface area contributed by atoms with Gasteiger partial charge in [-0.1, -0.05) is 6.58 Å². The molecule has 0 fully saturated rings. The van der Waals surface area contributed by atoms with Gasteiger partial charge in [0, 0.05) is 88.0 Å². The van der Waals surface area contributed by atoms with Gasteiger partial charge in [0.25, 0.3) is 21.6 Å². The van der Waals surface area contributed by atoms with Crippen molar-refractivity contribution in [3.05, 3.63) is 81.2 Å². The molecule has 2 heterocycles. The first-order valence-corrected chi connectivity index (χ1v) is 16.7. The zero-order chi connectivity index (χ0) is 36.3. The molecule has 0 spiro atoms. The molecule has 1 amide bonds. The van der Waals surface area contributed by atoms with Gasteiger partial charge in [-0.25, -0.2) is 8.42 Å². The molecule has 4 rings (SSSR count). The number of amides is 1. The van der Waals surface area contributed by atoms with Crippen LogP contribution in [-0.2, 0) is 31.3 Å². The molecule has 0 atom stereocenters. The van der Waals surface area contributed by atoms with Gasteiger partial charge in [0.1, 0.15) is 16.1 Å². The molecule has 4 aromatic rings. The fraction of sp³-hybridized carbons (Fsp3) is 0.111. The summed E-state index contributed by atoms with van der Waals surface area (Å²) in [6, 6.07) is 8.74. The molecule has 0 bridgehead atoms. The number of halogens is 1. The van der Waals surface area contributed by atoms with Gasteiger partial charge in [-0.3, -0.25) is 23.5 Å². The summed E-state index contributed by atoms with van der Waals surface area (Å²) in [5.41, 5.74) is 2.80. The van der Waals surface area contributed by atoms with E-state index in [4.69, 9.17) is 22.4 Å². The number of nitrogens with one attached hydrogen (secondary N) is 2. The van der Waals surface area contributed by atoms with Crippen molar-refractivity contribution in [2.75, 3.05) is 10.6 Å². The van der Waals surface area contributed by atoms with Gasteiger partial charge in [0.15, 0.2) is 15.5 Å². The van der Waals surface area contributed by atoms with Crippen LogP contribution < -0.4 is 21.9 Å². The van der Waals surface area contributed by atoms with Gasteiger partial charge < -0.3 is 26.6 Å². The van der Waals surface area contributed by atoms with Crippen molar-refractivity contribution in [1.82, 2.24) is 19.5 Å². The summed E-state index contributed by atoms with van der Waals surface area (Å²) in [7, 11) is -8.58. The van der Waals surface area contributed by atoms with Crippen molar-refractivity contribution in [1.29, 1.82) is 0 Å². The van der Waals surface area contributed by atoms with Crippen molar-refractivity contribution >= 4 is 137 Å². The first-order valence-electron chi connectivity index (χ1n) is 13.4. The van der Waals surface area contributed by atoms with E-state index >= 15 is 0 Å². The number of nitrogens with two attached hydrogens (primary N) is 1. The quantitative estimate of drug-likeness (QED) is 0.0646. The van der Waals surface area contributed by atoms with Gasteiger partial charge >= 0.3 is 5.97 Å². The molecular weight excluding hydrogens is 756 g/mol. The number of aliphatic carboxylic acids is 1. The normalized spacial score (nSPS) is 11.3. The van der Waals surface area contributed by atoms with Crippen LogP contribution >= 0.6 is 11.6 Å². The predicted octanol–water partition coefficient (Wildman–Crippen LogP) is 2.58. The number of aromatic hydroxyl groups is 1. The minimum atomic E-state index is -4.92. The van der Waals surface area contributed by atoms with E-state index in [2.05, 4.69) is 42.4 Å². The molecule has 2 aromatic heterocycles. The molecule has 0 aliphatic carbocycles. The third-order valence-corrected chi connectivity index (χ3v) is 8.91. The molecule has 2 radical (unpaired) electrons. The van der Waals surface area contributed by atoms with Crippen LogP contribution in [0.3, 0.4) is 0 Å². The Bertz CT molecular complexity index is 2320. The SMILES string of the molecule is C=CS(=O)(=O)c1ccc(Nc2nc(Cl)nc(Nc3ccc(S(=O)(=O)O)c(N=Nc4c(C)c(C(N)=O)c(O)n(CCC(=O)O)c4=O)c3)n2)cc1.[Na].[Na]. The number of carboxylic acid groups (broad SMARTS) is 1. The Morgan fingerprint density at radius 3 is 2.10 bits per heavy atom. The number of carbonyl (C=O) groups excluding carboxylic acids is 1. The summed E-state index contributed by atoms with van der Waals surface area (Å²) >= 11 is 6.06. The number of azo groups is 1. The van der Waals surface area contributed by atoms with Gasteiger partial charge in [0.2, 0.25) is 23.1 Å². The number of nitrogens with zero attached hydrogens (tertiary/aromatic N) is 6.